The summed E-state index contributed by atoms with van der Waals surface area (Å²) in [5.41, 5.74) is 2.22. The number of aromatic nitrogens is 3. The first kappa shape index (κ1) is 16.8. The van der Waals surface area contributed by atoms with Gasteiger partial charge in [0.2, 0.25) is 5.95 Å². The molecule has 0 amide bonds. The zero-order valence-electron chi connectivity index (χ0n) is 14.0. The fourth-order valence-electron chi connectivity index (χ4n) is 2.46. The van der Waals surface area contributed by atoms with E-state index in [1.165, 1.54) is 17.7 Å². The maximum absolute atomic E-state index is 12.9. The third-order valence-corrected chi connectivity index (χ3v) is 3.83. The Bertz CT molecular complexity index is 792. The first-order valence-electron chi connectivity index (χ1n) is 8.20. The predicted molar refractivity (Wildman–Crippen MR) is 96.9 cm³/mol. The van der Waals surface area contributed by atoms with Crippen LogP contribution in [0.15, 0.2) is 60.8 Å². The van der Waals surface area contributed by atoms with E-state index < -0.39 is 0 Å². The van der Waals surface area contributed by atoms with E-state index in [9.17, 15) is 4.39 Å². The lowest BCUT2D eigenvalue weighted by molar-refractivity contribution is 0.627. The number of nitrogens with zero attached hydrogens (tertiary/aromatic N) is 3. The summed E-state index contributed by atoms with van der Waals surface area (Å²) in [7, 11) is 0. The van der Waals surface area contributed by atoms with Gasteiger partial charge < -0.3 is 10.6 Å². The van der Waals surface area contributed by atoms with Crippen molar-refractivity contribution in [2.45, 2.75) is 19.4 Å². The Balaban J connectivity index is 1.55. The lowest BCUT2D eigenvalue weighted by Gasteiger charge is -2.15. The molecule has 0 saturated heterocycles. The quantitative estimate of drug-likeness (QED) is 0.686. The molecule has 0 radical (unpaired) electrons. The Labute approximate surface area is 146 Å². The number of anilines is 2. The highest BCUT2D eigenvalue weighted by Gasteiger charge is 2.07. The molecule has 0 aliphatic rings. The maximum atomic E-state index is 12.9. The minimum atomic E-state index is -0.226. The van der Waals surface area contributed by atoms with Crippen molar-refractivity contribution in [3.63, 3.8) is 0 Å². The van der Waals surface area contributed by atoms with E-state index in [2.05, 4.69) is 44.9 Å². The van der Waals surface area contributed by atoms with Crippen LogP contribution in [0.4, 0.5) is 16.2 Å². The van der Waals surface area contributed by atoms with Crippen LogP contribution in [0.2, 0.25) is 0 Å². The second kappa shape index (κ2) is 8.19. The number of hydrogen-bond acceptors (Lipinski definition) is 5. The third kappa shape index (κ3) is 4.97. The number of rotatable bonds is 7. The van der Waals surface area contributed by atoms with Crippen molar-refractivity contribution >= 4 is 11.8 Å². The van der Waals surface area contributed by atoms with Gasteiger partial charge in [-0.15, -0.1) is 5.10 Å². The molecule has 0 fully saturated rings. The molecule has 0 bridgehead atoms. The summed E-state index contributed by atoms with van der Waals surface area (Å²) in [6.07, 6.45) is 2.35. The summed E-state index contributed by atoms with van der Waals surface area (Å²) in [5, 5.41) is 14.4. The van der Waals surface area contributed by atoms with Crippen LogP contribution >= 0.6 is 0 Å². The van der Waals surface area contributed by atoms with Crippen LogP contribution in [0.3, 0.4) is 0 Å². The molecule has 1 heterocycles. The average Bonchev–Trinajstić information content (AvgIpc) is 2.64. The molecule has 2 aromatic carbocycles. The number of hydrogen-bond donors (Lipinski definition) is 2. The lowest BCUT2D eigenvalue weighted by Crippen LogP contribution is -2.12. The summed E-state index contributed by atoms with van der Waals surface area (Å²) >= 11 is 0. The molecule has 6 heteroatoms. The SMILES string of the molecule is CC(Nc1cnnc(NCCc2ccc(F)cc2)n1)c1ccccc1. The molecule has 0 spiro atoms. The molecule has 128 valence electrons. The van der Waals surface area contributed by atoms with Gasteiger partial charge in [0, 0.05) is 12.6 Å². The van der Waals surface area contributed by atoms with Gasteiger partial charge in [0.1, 0.15) is 5.82 Å². The highest BCUT2D eigenvalue weighted by Crippen LogP contribution is 2.17. The molecule has 1 unspecified atom stereocenters. The summed E-state index contributed by atoms with van der Waals surface area (Å²) in [6.45, 7) is 2.71. The zero-order valence-corrected chi connectivity index (χ0v) is 14.0. The molecule has 2 N–H and O–H groups in total. The van der Waals surface area contributed by atoms with E-state index >= 15 is 0 Å². The van der Waals surface area contributed by atoms with Crippen LogP contribution in [0.25, 0.3) is 0 Å². The van der Waals surface area contributed by atoms with Crippen molar-refractivity contribution in [3.8, 4) is 0 Å². The molecule has 5 nitrogen and oxygen atoms in total. The van der Waals surface area contributed by atoms with E-state index in [4.69, 9.17) is 0 Å². The topological polar surface area (TPSA) is 62.7 Å². The fraction of sp³-hybridized carbons (Fsp3) is 0.211. The molecule has 0 aliphatic heterocycles. The molecule has 25 heavy (non-hydrogen) atoms. The van der Waals surface area contributed by atoms with Gasteiger partial charge in [-0.25, -0.2) is 4.39 Å². The van der Waals surface area contributed by atoms with Crippen LogP contribution in [0, 0.1) is 5.82 Å². The van der Waals surface area contributed by atoms with E-state index in [1.807, 2.05) is 18.2 Å². The van der Waals surface area contributed by atoms with Crippen molar-refractivity contribution in [1.82, 2.24) is 15.2 Å². The van der Waals surface area contributed by atoms with Crippen molar-refractivity contribution in [3.05, 3.63) is 77.7 Å². The summed E-state index contributed by atoms with van der Waals surface area (Å²) in [4.78, 5) is 4.43. The van der Waals surface area contributed by atoms with E-state index in [1.54, 1.807) is 18.3 Å². The molecule has 3 aromatic rings. The van der Waals surface area contributed by atoms with Gasteiger partial charge in [0.15, 0.2) is 5.82 Å². The normalized spacial score (nSPS) is 11.8. The van der Waals surface area contributed by atoms with Crippen LogP contribution < -0.4 is 10.6 Å². The van der Waals surface area contributed by atoms with Crippen molar-refractivity contribution in [2.75, 3.05) is 17.2 Å². The highest BCUT2D eigenvalue weighted by molar-refractivity contribution is 5.40. The molecule has 1 atom stereocenters. The van der Waals surface area contributed by atoms with Gasteiger partial charge in [-0.05, 0) is 36.6 Å². The maximum Gasteiger partial charge on any atom is 0.244 e. The van der Waals surface area contributed by atoms with Crippen molar-refractivity contribution < 1.29 is 4.39 Å². The van der Waals surface area contributed by atoms with Crippen molar-refractivity contribution in [2.24, 2.45) is 0 Å². The Morgan fingerprint density at radius 3 is 2.56 bits per heavy atom. The van der Waals surface area contributed by atoms with E-state index in [-0.39, 0.29) is 11.9 Å². The second-order valence-electron chi connectivity index (χ2n) is 5.75. The predicted octanol–water partition coefficient (Wildman–Crippen LogP) is 3.84. The van der Waals surface area contributed by atoms with Crippen LogP contribution in [0.1, 0.15) is 24.1 Å². The molecular formula is C19H20FN5. The smallest absolute Gasteiger partial charge is 0.244 e. The molecule has 0 saturated carbocycles. The average molecular weight is 337 g/mol. The Hall–Kier alpha value is -3.02. The van der Waals surface area contributed by atoms with Gasteiger partial charge >= 0.3 is 0 Å². The standard InChI is InChI=1S/C19H20FN5/c1-14(16-5-3-2-4-6-16)23-18-13-22-25-19(24-18)21-12-11-15-7-9-17(20)10-8-15/h2-10,13-14H,11-12H2,1H3,(H2,21,23,24,25). The first-order valence-corrected chi connectivity index (χ1v) is 8.20. The minimum absolute atomic E-state index is 0.116. The van der Waals surface area contributed by atoms with Gasteiger partial charge in [0.05, 0.1) is 6.20 Å². The van der Waals surface area contributed by atoms with E-state index in [0.29, 0.717) is 18.3 Å². The molecule has 1 aromatic heterocycles. The Morgan fingerprint density at radius 1 is 1.04 bits per heavy atom. The molecule has 0 aliphatic carbocycles. The lowest BCUT2D eigenvalue weighted by atomic mass is 10.1. The Morgan fingerprint density at radius 2 is 1.80 bits per heavy atom. The van der Waals surface area contributed by atoms with E-state index in [0.717, 1.165) is 12.0 Å². The van der Waals surface area contributed by atoms with Gasteiger partial charge in [-0.3, -0.25) is 0 Å². The minimum Gasteiger partial charge on any atom is -0.362 e. The van der Waals surface area contributed by atoms with Crippen LogP contribution in [0.5, 0.6) is 0 Å². The number of halogens is 1. The fourth-order valence-corrected chi connectivity index (χ4v) is 2.46. The monoisotopic (exact) mass is 337 g/mol. The second-order valence-corrected chi connectivity index (χ2v) is 5.75. The van der Waals surface area contributed by atoms with Crippen LogP contribution in [-0.2, 0) is 6.42 Å². The number of benzene rings is 2. The van der Waals surface area contributed by atoms with Crippen LogP contribution in [-0.4, -0.2) is 21.7 Å². The Kier molecular flexibility index (Phi) is 5.51. The largest absolute Gasteiger partial charge is 0.362 e. The summed E-state index contributed by atoms with van der Waals surface area (Å²) in [6, 6.07) is 16.7. The highest BCUT2D eigenvalue weighted by atomic mass is 19.1. The molecular weight excluding hydrogens is 317 g/mol. The zero-order chi connectivity index (χ0) is 17.5. The van der Waals surface area contributed by atoms with Gasteiger partial charge in [-0.2, -0.15) is 10.1 Å². The summed E-state index contributed by atoms with van der Waals surface area (Å²) < 4.78 is 12.9. The molecule has 3 rings (SSSR count). The third-order valence-electron chi connectivity index (χ3n) is 3.83. The van der Waals surface area contributed by atoms with Crippen molar-refractivity contribution in [1.29, 1.82) is 0 Å². The number of nitrogens with one attached hydrogen (secondary N) is 2. The van der Waals surface area contributed by atoms with Gasteiger partial charge in [-0.1, -0.05) is 42.5 Å². The van der Waals surface area contributed by atoms with Gasteiger partial charge in [0.25, 0.3) is 0 Å². The summed E-state index contributed by atoms with van der Waals surface area (Å²) in [5.74, 6) is 0.901. The first-order chi connectivity index (χ1) is 12.2.